The third-order valence-electron chi connectivity index (χ3n) is 1.88. The topological polar surface area (TPSA) is 47.8 Å². The fraction of sp³-hybridized carbons (Fsp3) is 0.125. The van der Waals surface area contributed by atoms with E-state index in [1.54, 1.807) is 0 Å². The Kier molecular flexibility index (Phi) is 2.45. The molecule has 0 aliphatic heterocycles. The quantitative estimate of drug-likeness (QED) is 0.698. The highest BCUT2D eigenvalue weighted by Gasteiger charge is 2.33. The Morgan fingerprint density at radius 1 is 1.31 bits per heavy atom. The van der Waals surface area contributed by atoms with Crippen molar-refractivity contribution >= 4 is 26.7 Å². The van der Waals surface area contributed by atoms with Crippen LogP contribution in [0.25, 0.3) is 10.8 Å². The Balaban J connectivity index is 2.84. The number of alkyl halides is 3. The molecule has 0 radical (unpaired) electrons. The molecule has 0 N–H and O–H groups in total. The van der Waals surface area contributed by atoms with Crippen molar-refractivity contribution in [1.82, 2.24) is 14.8 Å². The maximum Gasteiger partial charge on any atom is 0.507 e. The van der Waals surface area contributed by atoms with E-state index in [4.69, 9.17) is 0 Å². The molecule has 0 fully saturated rings. The molecule has 0 spiro atoms. The lowest BCUT2D eigenvalue weighted by molar-refractivity contribution is -0.215. The van der Waals surface area contributed by atoms with Gasteiger partial charge in [-0.25, -0.2) is 4.98 Å². The van der Waals surface area contributed by atoms with Gasteiger partial charge in [0.05, 0.1) is 11.6 Å². The van der Waals surface area contributed by atoms with Crippen molar-refractivity contribution in [2.75, 3.05) is 0 Å². The zero-order valence-electron chi connectivity index (χ0n) is 7.49. The minimum atomic E-state index is -4.82. The molecule has 2 aromatic heterocycles. The van der Waals surface area contributed by atoms with Gasteiger partial charge in [0.25, 0.3) is 5.56 Å². The number of pyridine rings is 1. The molecule has 0 unspecified atom stereocenters. The van der Waals surface area contributed by atoms with Gasteiger partial charge in [0.15, 0.2) is 0 Å². The predicted molar refractivity (Wildman–Crippen MR) is 52.8 cm³/mol. The summed E-state index contributed by atoms with van der Waals surface area (Å²) in [5.41, 5.74) is -1.21. The Hall–Kier alpha value is -1.44. The summed E-state index contributed by atoms with van der Waals surface area (Å²) in [5.74, 6) is 0. The molecule has 2 heterocycles. The second-order valence-corrected chi connectivity index (χ2v) is 3.74. The van der Waals surface area contributed by atoms with E-state index in [0.29, 0.717) is 0 Å². The van der Waals surface area contributed by atoms with E-state index in [1.165, 1.54) is 12.3 Å². The summed E-state index contributed by atoms with van der Waals surface area (Å²) in [6, 6.07) is 1.22. The number of aromatic nitrogens is 3. The van der Waals surface area contributed by atoms with Crippen LogP contribution in [0, 0.1) is 0 Å². The highest BCUT2D eigenvalue weighted by Crippen LogP contribution is 2.20. The van der Waals surface area contributed by atoms with Gasteiger partial charge in [-0.1, -0.05) is 0 Å². The molecule has 8 heteroatoms. The molecule has 0 aromatic carbocycles. The predicted octanol–water partition coefficient (Wildman–Crippen LogP) is 2.03. The van der Waals surface area contributed by atoms with E-state index < -0.39 is 16.5 Å². The van der Waals surface area contributed by atoms with Crippen molar-refractivity contribution in [2.24, 2.45) is 0 Å². The summed E-state index contributed by atoms with van der Waals surface area (Å²) in [6.07, 6.45) is -2.60. The van der Waals surface area contributed by atoms with Gasteiger partial charge in [-0.3, -0.25) is 4.79 Å². The van der Waals surface area contributed by atoms with Crippen LogP contribution >= 0.6 is 15.9 Å². The average Bonchev–Trinajstić information content (AvgIpc) is 2.17. The van der Waals surface area contributed by atoms with Crippen LogP contribution in [0.2, 0.25) is 0 Å². The van der Waals surface area contributed by atoms with E-state index in [-0.39, 0.29) is 15.4 Å². The first-order chi connectivity index (χ1) is 7.39. The maximum atomic E-state index is 12.4. The lowest BCUT2D eigenvalue weighted by Gasteiger charge is -2.08. The molecule has 4 nitrogen and oxygen atoms in total. The van der Waals surface area contributed by atoms with Crippen molar-refractivity contribution in [2.45, 2.75) is 6.30 Å². The van der Waals surface area contributed by atoms with Gasteiger partial charge in [-0.2, -0.15) is 5.10 Å². The SMILES string of the molecule is O=c1c2cc(Br)ncc2cnn1C(F)(F)F. The molecule has 16 heavy (non-hydrogen) atoms. The van der Waals surface area contributed by atoms with Gasteiger partial charge in [0, 0.05) is 11.6 Å². The fourth-order valence-electron chi connectivity index (χ4n) is 1.20. The van der Waals surface area contributed by atoms with E-state index in [0.717, 1.165) is 6.20 Å². The average molecular weight is 294 g/mol. The van der Waals surface area contributed by atoms with Gasteiger partial charge in [0.1, 0.15) is 4.60 Å². The molecule has 0 saturated carbocycles. The van der Waals surface area contributed by atoms with E-state index in [1.807, 2.05) is 0 Å². The Morgan fingerprint density at radius 3 is 2.62 bits per heavy atom. The largest absolute Gasteiger partial charge is 0.507 e. The van der Waals surface area contributed by atoms with Crippen molar-refractivity contribution in [3.05, 3.63) is 33.4 Å². The van der Waals surface area contributed by atoms with Gasteiger partial charge >= 0.3 is 6.30 Å². The monoisotopic (exact) mass is 293 g/mol. The van der Waals surface area contributed by atoms with E-state index in [2.05, 4.69) is 26.0 Å². The number of nitrogens with zero attached hydrogens (tertiary/aromatic N) is 3. The molecule has 0 amide bonds. The molecule has 0 saturated heterocycles. The first-order valence-corrected chi connectivity index (χ1v) is 4.79. The maximum absolute atomic E-state index is 12.4. The Bertz CT molecular complexity index is 607. The molecule has 2 aromatic rings. The standard InChI is InChI=1S/C8H3BrF3N3O/c9-6-1-5-4(2-13-6)3-14-15(7(5)16)8(10,11)12/h1-3H. The van der Waals surface area contributed by atoms with Crippen LogP contribution in [0.1, 0.15) is 0 Å². The van der Waals surface area contributed by atoms with Crippen molar-refractivity contribution in [1.29, 1.82) is 0 Å². The second-order valence-electron chi connectivity index (χ2n) is 2.92. The minimum absolute atomic E-state index is 0.0887. The molecule has 0 bridgehead atoms. The number of rotatable bonds is 0. The summed E-state index contributed by atoms with van der Waals surface area (Å²) in [7, 11) is 0. The highest BCUT2D eigenvalue weighted by molar-refractivity contribution is 9.10. The van der Waals surface area contributed by atoms with Crippen molar-refractivity contribution in [3.63, 3.8) is 0 Å². The van der Waals surface area contributed by atoms with Crippen LogP contribution in [0.15, 0.2) is 27.9 Å². The van der Waals surface area contributed by atoms with E-state index >= 15 is 0 Å². The third-order valence-corrected chi connectivity index (χ3v) is 2.31. The zero-order chi connectivity index (χ0) is 11.9. The summed E-state index contributed by atoms with van der Waals surface area (Å²) in [6.45, 7) is 0. The number of fused-ring (bicyclic) bond motifs is 1. The third kappa shape index (κ3) is 1.80. The number of hydrogen-bond acceptors (Lipinski definition) is 3. The lowest BCUT2D eigenvalue weighted by atomic mass is 10.2. The summed E-state index contributed by atoms with van der Waals surface area (Å²) in [5, 5.41) is 3.20. The molecule has 2 rings (SSSR count). The lowest BCUT2D eigenvalue weighted by Crippen LogP contribution is -2.32. The van der Waals surface area contributed by atoms with Crippen molar-refractivity contribution in [3.8, 4) is 0 Å². The highest BCUT2D eigenvalue weighted by atomic mass is 79.9. The van der Waals surface area contributed by atoms with Crippen LogP contribution < -0.4 is 5.56 Å². The number of hydrogen-bond donors (Lipinski definition) is 0. The van der Waals surface area contributed by atoms with Gasteiger partial charge < -0.3 is 0 Å². The van der Waals surface area contributed by atoms with Gasteiger partial charge in [-0.15, -0.1) is 17.9 Å². The van der Waals surface area contributed by atoms with Gasteiger partial charge in [-0.05, 0) is 22.0 Å². The summed E-state index contributed by atoms with van der Waals surface area (Å²) in [4.78, 5) is 15.2. The summed E-state index contributed by atoms with van der Waals surface area (Å²) >= 11 is 2.98. The number of halogens is 4. The minimum Gasteiger partial charge on any atom is -0.267 e. The van der Waals surface area contributed by atoms with Crippen LogP contribution in [-0.4, -0.2) is 14.8 Å². The smallest absolute Gasteiger partial charge is 0.267 e. The second kappa shape index (κ2) is 3.55. The first-order valence-electron chi connectivity index (χ1n) is 4.00. The van der Waals surface area contributed by atoms with E-state index in [9.17, 15) is 18.0 Å². The fourth-order valence-corrected chi connectivity index (χ4v) is 1.53. The van der Waals surface area contributed by atoms with Crippen LogP contribution in [-0.2, 0) is 6.30 Å². The molecular formula is C8H3BrF3N3O. The molecule has 0 aliphatic carbocycles. The normalized spacial score (nSPS) is 12.0. The molecular weight excluding hydrogens is 291 g/mol. The zero-order valence-corrected chi connectivity index (χ0v) is 9.08. The van der Waals surface area contributed by atoms with Crippen LogP contribution in [0.4, 0.5) is 13.2 Å². The Morgan fingerprint density at radius 2 is 2.00 bits per heavy atom. The van der Waals surface area contributed by atoms with Crippen molar-refractivity contribution < 1.29 is 13.2 Å². The molecule has 84 valence electrons. The molecule has 0 aliphatic rings. The Labute approximate surface area is 94.8 Å². The molecule has 0 atom stereocenters. The van der Waals surface area contributed by atoms with Crippen LogP contribution in [0.3, 0.4) is 0 Å². The van der Waals surface area contributed by atoms with Crippen LogP contribution in [0.5, 0.6) is 0 Å². The van der Waals surface area contributed by atoms with Gasteiger partial charge in [0.2, 0.25) is 0 Å². The first kappa shape index (κ1) is 11.1. The summed E-state index contributed by atoms with van der Waals surface area (Å²) < 4.78 is 36.8.